The van der Waals surface area contributed by atoms with Crippen molar-refractivity contribution in [1.29, 1.82) is 0 Å². The standard InChI is InChI=1S/C13H17BN4O2/c1-12(2)13(3,4)20-14(19-12)10-7-17-11(8-16-10)18-6-5-15-9-18/h5-9H,1-4H3/i5D,6D,9D. The fraction of sp³-hybridized carbons (Fsp3) is 0.462. The van der Waals surface area contributed by atoms with Gasteiger partial charge in [0.05, 0.1) is 25.7 Å². The summed E-state index contributed by atoms with van der Waals surface area (Å²) in [4.78, 5) is 12.1. The molecule has 6 nitrogen and oxygen atoms in total. The van der Waals surface area contributed by atoms with Crippen molar-refractivity contribution >= 4 is 12.7 Å². The zero-order chi connectivity index (χ0) is 17.0. The molecule has 0 bridgehead atoms. The molecule has 20 heavy (non-hydrogen) atoms. The molecule has 0 aliphatic carbocycles. The van der Waals surface area contributed by atoms with E-state index in [0.29, 0.717) is 5.59 Å². The zero-order valence-electron chi connectivity index (χ0n) is 14.8. The molecule has 104 valence electrons. The number of hydrogen-bond acceptors (Lipinski definition) is 5. The SMILES string of the molecule is [2H]c1nc([2H])n(-c2cnc(B3OC(C)(C)C(C)(C)O3)cn2)c1[2H]. The Morgan fingerprint density at radius 1 is 1.15 bits per heavy atom. The van der Waals surface area contributed by atoms with Crippen molar-refractivity contribution in [2.24, 2.45) is 0 Å². The number of imidazole rings is 1. The number of hydrogen-bond donors (Lipinski definition) is 0. The minimum absolute atomic E-state index is 0.201. The van der Waals surface area contributed by atoms with E-state index in [4.69, 9.17) is 13.4 Å². The third-order valence-electron chi connectivity index (χ3n) is 3.75. The maximum absolute atomic E-state index is 7.75. The van der Waals surface area contributed by atoms with Crippen LogP contribution in [-0.4, -0.2) is 37.8 Å². The van der Waals surface area contributed by atoms with Crippen LogP contribution in [0.5, 0.6) is 0 Å². The van der Waals surface area contributed by atoms with Crippen molar-refractivity contribution in [2.75, 3.05) is 0 Å². The molecule has 2 aromatic heterocycles. The van der Waals surface area contributed by atoms with Gasteiger partial charge in [-0.05, 0) is 27.7 Å². The van der Waals surface area contributed by atoms with Gasteiger partial charge in [-0.1, -0.05) is 0 Å². The Kier molecular flexibility index (Phi) is 2.21. The van der Waals surface area contributed by atoms with Crippen LogP contribution < -0.4 is 5.59 Å². The van der Waals surface area contributed by atoms with Crippen LogP contribution in [0.15, 0.2) is 31.0 Å². The van der Waals surface area contributed by atoms with E-state index in [2.05, 4.69) is 15.0 Å². The summed E-state index contributed by atoms with van der Waals surface area (Å²) in [5.41, 5.74) is -0.423. The van der Waals surface area contributed by atoms with E-state index >= 15 is 0 Å². The summed E-state index contributed by atoms with van der Waals surface area (Å²) in [5.74, 6) is 0.256. The molecule has 1 aliphatic rings. The minimum Gasteiger partial charge on any atom is -0.398 e. The summed E-state index contributed by atoms with van der Waals surface area (Å²) < 4.78 is 35.9. The molecule has 0 unspecified atom stereocenters. The van der Waals surface area contributed by atoms with Gasteiger partial charge in [-0.25, -0.2) is 9.97 Å². The second-order valence-electron chi connectivity index (χ2n) is 5.66. The summed E-state index contributed by atoms with van der Waals surface area (Å²) >= 11 is 0. The Balaban J connectivity index is 1.89. The summed E-state index contributed by atoms with van der Waals surface area (Å²) in [5, 5.41) is 0. The molecule has 0 radical (unpaired) electrons. The summed E-state index contributed by atoms with van der Waals surface area (Å²) in [6, 6.07) is 0. The van der Waals surface area contributed by atoms with Crippen molar-refractivity contribution in [1.82, 2.24) is 19.5 Å². The van der Waals surface area contributed by atoms with Crippen molar-refractivity contribution < 1.29 is 13.4 Å². The molecule has 1 saturated heterocycles. The topological polar surface area (TPSA) is 62.1 Å². The minimum atomic E-state index is -0.623. The first-order valence-electron chi connectivity index (χ1n) is 7.83. The van der Waals surface area contributed by atoms with E-state index < -0.39 is 18.3 Å². The molecule has 7 heteroatoms. The third kappa shape index (κ3) is 2.12. The maximum atomic E-state index is 7.75. The van der Waals surface area contributed by atoms with E-state index in [0.717, 1.165) is 4.57 Å². The maximum Gasteiger partial charge on any atom is 0.516 e. The first-order chi connectivity index (χ1) is 10.6. The second-order valence-corrected chi connectivity index (χ2v) is 5.66. The summed E-state index contributed by atoms with van der Waals surface area (Å²) in [6.45, 7) is 7.81. The fourth-order valence-electron chi connectivity index (χ4n) is 1.82. The van der Waals surface area contributed by atoms with Crippen molar-refractivity contribution in [3.8, 4) is 5.82 Å². The van der Waals surface area contributed by atoms with Crippen LogP contribution in [0, 0.1) is 0 Å². The van der Waals surface area contributed by atoms with Crippen LogP contribution >= 0.6 is 0 Å². The van der Waals surface area contributed by atoms with Crippen molar-refractivity contribution in [2.45, 2.75) is 38.9 Å². The molecule has 0 atom stereocenters. The smallest absolute Gasteiger partial charge is 0.398 e. The third-order valence-corrected chi connectivity index (χ3v) is 3.75. The molecule has 0 aromatic carbocycles. The molecule has 0 N–H and O–H groups in total. The highest BCUT2D eigenvalue weighted by atomic mass is 16.7. The van der Waals surface area contributed by atoms with E-state index in [1.54, 1.807) is 0 Å². The predicted molar refractivity (Wildman–Crippen MR) is 74.9 cm³/mol. The van der Waals surface area contributed by atoms with Gasteiger partial charge in [-0.2, -0.15) is 0 Å². The Hall–Kier alpha value is -1.73. The van der Waals surface area contributed by atoms with Crippen LogP contribution in [-0.2, 0) is 9.31 Å². The largest absolute Gasteiger partial charge is 0.516 e. The highest BCUT2D eigenvalue weighted by molar-refractivity contribution is 6.61. The molecular weight excluding hydrogens is 255 g/mol. The Morgan fingerprint density at radius 2 is 1.85 bits per heavy atom. The second kappa shape index (κ2) is 4.39. The van der Waals surface area contributed by atoms with Crippen LogP contribution in [0.1, 0.15) is 31.8 Å². The lowest BCUT2D eigenvalue weighted by Gasteiger charge is -2.32. The first-order valence-corrected chi connectivity index (χ1v) is 6.33. The van der Waals surface area contributed by atoms with Crippen LogP contribution in [0.25, 0.3) is 5.82 Å². The molecule has 0 amide bonds. The van der Waals surface area contributed by atoms with Gasteiger partial charge in [-0.15, -0.1) is 0 Å². The van der Waals surface area contributed by atoms with Gasteiger partial charge < -0.3 is 9.31 Å². The lowest BCUT2D eigenvalue weighted by molar-refractivity contribution is 0.00578. The Labute approximate surface area is 122 Å². The molecular formula is C13H17BN4O2. The number of rotatable bonds is 2. The Bertz CT molecular complexity index is 732. The van der Waals surface area contributed by atoms with E-state index in [1.807, 2.05) is 27.7 Å². The molecule has 3 rings (SSSR count). The van der Waals surface area contributed by atoms with E-state index in [1.165, 1.54) is 12.4 Å². The van der Waals surface area contributed by atoms with Gasteiger partial charge in [0.1, 0.15) is 7.67 Å². The van der Waals surface area contributed by atoms with Crippen LogP contribution in [0.2, 0.25) is 0 Å². The van der Waals surface area contributed by atoms with Gasteiger partial charge in [0.15, 0.2) is 5.82 Å². The Morgan fingerprint density at radius 3 is 2.35 bits per heavy atom. The molecule has 1 aliphatic heterocycles. The molecule has 0 saturated carbocycles. The van der Waals surface area contributed by atoms with Crippen LogP contribution in [0.4, 0.5) is 0 Å². The van der Waals surface area contributed by atoms with Crippen molar-refractivity contribution in [3.63, 3.8) is 0 Å². The number of nitrogens with zero attached hydrogens (tertiary/aromatic N) is 4. The average Bonchev–Trinajstić information content (AvgIpc) is 2.83. The zero-order valence-corrected chi connectivity index (χ0v) is 11.8. The summed E-state index contributed by atoms with van der Waals surface area (Å²) in [6.07, 6.45) is 2.20. The van der Waals surface area contributed by atoms with E-state index in [9.17, 15) is 0 Å². The average molecular weight is 275 g/mol. The molecule has 3 heterocycles. The fourth-order valence-corrected chi connectivity index (χ4v) is 1.82. The summed E-state index contributed by atoms with van der Waals surface area (Å²) in [7, 11) is -0.623. The van der Waals surface area contributed by atoms with Crippen molar-refractivity contribution in [3.05, 3.63) is 31.0 Å². The van der Waals surface area contributed by atoms with Gasteiger partial charge in [-0.3, -0.25) is 9.55 Å². The molecule has 0 spiro atoms. The normalized spacial score (nSPS) is 22.4. The van der Waals surface area contributed by atoms with Gasteiger partial charge in [0, 0.05) is 18.5 Å². The number of aromatic nitrogens is 4. The highest BCUT2D eigenvalue weighted by Gasteiger charge is 2.52. The lowest BCUT2D eigenvalue weighted by Crippen LogP contribution is -2.41. The first kappa shape index (κ1) is 10.1. The molecule has 1 fully saturated rings. The van der Waals surface area contributed by atoms with Gasteiger partial charge >= 0.3 is 7.12 Å². The predicted octanol–water partition coefficient (Wildman–Crippen LogP) is 0.961. The highest BCUT2D eigenvalue weighted by Crippen LogP contribution is 2.36. The quantitative estimate of drug-likeness (QED) is 0.764. The molecule has 2 aromatic rings. The van der Waals surface area contributed by atoms with Gasteiger partial charge in [0.25, 0.3) is 0 Å². The van der Waals surface area contributed by atoms with Crippen LogP contribution in [0.3, 0.4) is 0 Å². The van der Waals surface area contributed by atoms with Gasteiger partial charge in [0.2, 0.25) is 0 Å². The van der Waals surface area contributed by atoms with E-state index in [-0.39, 0.29) is 24.5 Å². The monoisotopic (exact) mass is 275 g/mol. The lowest BCUT2D eigenvalue weighted by atomic mass is 9.85.